The van der Waals surface area contributed by atoms with Gasteiger partial charge in [-0.1, -0.05) is 18.2 Å². The van der Waals surface area contributed by atoms with E-state index in [0.717, 1.165) is 22.7 Å². The molecule has 1 amide bonds. The van der Waals surface area contributed by atoms with E-state index in [1.54, 1.807) is 0 Å². The molecule has 0 saturated heterocycles. The number of sulfonamides is 1. The molecule has 2 aromatic rings. The van der Waals surface area contributed by atoms with Gasteiger partial charge in [-0.2, -0.15) is 4.31 Å². The number of amides is 1. The van der Waals surface area contributed by atoms with Gasteiger partial charge >= 0.3 is 0 Å². The van der Waals surface area contributed by atoms with E-state index < -0.39 is 10.0 Å². The number of carbonyl (C=O) groups is 1. The first-order valence-corrected chi connectivity index (χ1v) is 9.52. The molecule has 8 heteroatoms. The summed E-state index contributed by atoms with van der Waals surface area (Å²) in [7, 11) is -1.80. The van der Waals surface area contributed by atoms with Crippen molar-refractivity contribution in [2.45, 2.75) is 6.42 Å². The maximum Gasteiger partial charge on any atom is 0.224 e. The number of aromatic nitrogens is 1. The molecule has 24 heavy (non-hydrogen) atoms. The van der Waals surface area contributed by atoms with Crippen molar-refractivity contribution < 1.29 is 17.9 Å². The van der Waals surface area contributed by atoms with Crippen LogP contribution in [-0.4, -0.2) is 63.2 Å². The number of nitrogens with one attached hydrogen (secondary N) is 2. The van der Waals surface area contributed by atoms with E-state index in [0.29, 0.717) is 6.61 Å². The molecule has 0 unspecified atom stereocenters. The summed E-state index contributed by atoms with van der Waals surface area (Å²) in [6, 6.07) is 7.78. The normalized spacial score (nSPS) is 12.0. The monoisotopic (exact) mass is 353 g/mol. The van der Waals surface area contributed by atoms with Crippen LogP contribution in [0.3, 0.4) is 0 Å². The maximum absolute atomic E-state index is 12.1. The molecule has 7 nitrogen and oxygen atoms in total. The molecule has 0 fully saturated rings. The van der Waals surface area contributed by atoms with Gasteiger partial charge in [-0.3, -0.25) is 4.79 Å². The number of para-hydroxylation sites is 1. The fourth-order valence-electron chi connectivity index (χ4n) is 2.47. The van der Waals surface area contributed by atoms with Crippen molar-refractivity contribution >= 4 is 26.8 Å². The Labute approximate surface area is 142 Å². The molecule has 132 valence electrons. The second kappa shape index (κ2) is 8.27. The predicted molar refractivity (Wildman–Crippen MR) is 93.3 cm³/mol. The number of aromatic amines is 1. The van der Waals surface area contributed by atoms with E-state index in [2.05, 4.69) is 10.3 Å². The Bertz CT molecular complexity index is 785. The fourth-order valence-corrected chi connectivity index (χ4v) is 3.30. The standard InChI is InChI=1S/C16H23N3O4S/c1-23-10-9-19(24(2,21)22)8-7-17-16(20)11-13-12-18-15-6-4-3-5-14(13)15/h3-6,12,18H,7-11H2,1-2H3,(H,17,20). The van der Waals surface area contributed by atoms with Gasteiger partial charge in [-0.05, 0) is 11.6 Å². The van der Waals surface area contributed by atoms with Crippen LogP contribution in [0, 0.1) is 0 Å². The molecular formula is C16H23N3O4S. The number of methoxy groups -OCH3 is 1. The molecule has 2 N–H and O–H groups in total. The van der Waals surface area contributed by atoms with E-state index in [-0.39, 0.29) is 32.0 Å². The lowest BCUT2D eigenvalue weighted by molar-refractivity contribution is -0.120. The first-order chi connectivity index (χ1) is 11.4. The Morgan fingerprint density at radius 2 is 2.04 bits per heavy atom. The van der Waals surface area contributed by atoms with E-state index in [4.69, 9.17) is 4.74 Å². The van der Waals surface area contributed by atoms with Gasteiger partial charge in [-0.25, -0.2) is 8.42 Å². The van der Waals surface area contributed by atoms with Crippen LogP contribution in [-0.2, 0) is 26.0 Å². The quantitative estimate of drug-likeness (QED) is 0.695. The van der Waals surface area contributed by atoms with Gasteiger partial charge in [0.05, 0.1) is 19.3 Å². The zero-order chi connectivity index (χ0) is 17.6. The second-order valence-corrected chi connectivity index (χ2v) is 7.52. The first kappa shape index (κ1) is 18.4. The zero-order valence-corrected chi connectivity index (χ0v) is 14.7. The molecular weight excluding hydrogens is 330 g/mol. The summed E-state index contributed by atoms with van der Waals surface area (Å²) in [6.07, 6.45) is 3.23. The molecule has 0 radical (unpaired) electrons. The Hall–Kier alpha value is -1.90. The van der Waals surface area contributed by atoms with Gasteiger partial charge < -0.3 is 15.0 Å². The topological polar surface area (TPSA) is 91.5 Å². The van der Waals surface area contributed by atoms with Gasteiger partial charge in [0.1, 0.15) is 0 Å². The first-order valence-electron chi connectivity index (χ1n) is 7.67. The fraction of sp³-hybridized carbons (Fsp3) is 0.438. The average molecular weight is 353 g/mol. The van der Waals surface area contributed by atoms with Crippen molar-refractivity contribution in [3.8, 4) is 0 Å². The van der Waals surface area contributed by atoms with Gasteiger partial charge in [0.2, 0.25) is 15.9 Å². The lowest BCUT2D eigenvalue weighted by atomic mass is 10.1. The zero-order valence-electron chi connectivity index (χ0n) is 13.9. The van der Waals surface area contributed by atoms with Crippen LogP contribution in [0.2, 0.25) is 0 Å². The van der Waals surface area contributed by atoms with Crippen LogP contribution in [0.5, 0.6) is 0 Å². The molecule has 1 heterocycles. The number of fused-ring (bicyclic) bond motifs is 1. The summed E-state index contributed by atoms with van der Waals surface area (Å²) in [4.78, 5) is 15.2. The number of carbonyl (C=O) groups excluding carboxylic acids is 1. The molecule has 1 aromatic carbocycles. The third-order valence-electron chi connectivity index (χ3n) is 3.72. The molecule has 0 aliphatic rings. The van der Waals surface area contributed by atoms with E-state index >= 15 is 0 Å². The van der Waals surface area contributed by atoms with Crippen molar-refractivity contribution in [1.82, 2.24) is 14.6 Å². The molecule has 0 aliphatic heterocycles. The number of nitrogens with zero attached hydrogens (tertiary/aromatic N) is 1. The summed E-state index contributed by atoms with van der Waals surface area (Å²) < 4.78 is 29.5. The maximum atomic E-state index is 12.1. The molecule has 0 atom stereocenters. The Morgan fingerprint density at radius 3 is 2.75 bits per heavy atom. The summed E-state index contributed by atoms with van der Waals surface area (Å²) in [6.45, 7) is 1.07. The number of hydrogen-bond acceptors (Lipinski definition) is 4. The Balaban J connectivity index is 1.86. The largest absolute Gasteiger partial charge is 0.383 e. The van der Waals surface area contributed by atoms with Gasteiger partial charge in [-0.15, -0.1) is 0 Å². The van der Waals surface area contributed by atoms with Crippen LogP contribution in [0.15, 0.2) is 30.5 Å². The van der Waals surface area contributed by atoms with E-state index in [9.17, 15) is 13.2 Å². The highest BCUT2D eigenvalue weighted by molar-refractivity contribution is 7.88. The van der Waals surface area contributed by atoms with Crippen LogP contribution < -0.4 is 5.32 Å². The lowest BCUT2D eigenvalue weighted by Gasteiger charge is -2.19. The smallest absolute Gasteiger partial charge is 0.224 e. The third-order valence-corrected chi connectivity index (χ3v) is 5.03. The minimum absolute atomic E-state index is 0.139. The molecule has 0 aliphatic carbocycles. The van der Waals surface area contributed by atoms with Crippen molar-refractivity contribution in [3.63, 3.8) is 0 Å². The van der Waals surface area contributed by atoms with Gasteiger partial charge in [0, 0.05) is 43.8 Å². The highest BCUT2D eigenvalue weighted by atomic mass is 32.2. The van der Waals surface area contributed by atoms with Crippen LogP contribution >= 0.6 is 0 Å². The van der Waals surface area contributed by atoms with Crippen molar-refractivity contribution in [1.29, 1.82) is 0 Å². The highest BCUT2D eigenvalue weighted by Gasteiger charge is 2.16. The second-order valence-electron chi connectivity index (χ2n) is 5.54. The Morgan fingerprint density at radius 1 is 1.29 bits per heavy atom. The molecule has 0 spiro atoms. The van der Waals surface area contributed by atoms with Crippen LogP contribution in [0.4, 0.5) is 0 Å². The van der Waals surface area contributed by atoms with Gasteiger partial charge in [0.25, 0.3) is 0 Å². The van der Waals surface area contributed by atoms with Crippen LogP contribution in [0.25, 0.3) is 10.9 Å². The summed E-state index contributed by atoms with van der Waals surface area (Å²) in [5, 5.41) is 3.78. The minimum atomic E-state index is -3.32. The van der Waals surface area contributed by atoms with Crippen molar-refractivity contribution in [2.75, 3.05) is 39.6 Å². The van der Waals surface area contributed by atoms with Crippen molar-refractivity contribution in [3.05, 3.63) is 36.0 Å². The number of ether oxygens (including phenoxy) is 1. The lowest BCUT2D eigenvalue weighted by Crippen LogP contribution is -2.40. The highest BCUT2D eigenvalue weighted by Crippen LogP contribution is 2.17. The summed E-state index contributed by atoms with van der Waals surface area (Å²) in [5.74, 6) is -0.139. The number of H-pyrrole nitrogens is 1. The molecule has 2 rings (SSSR count). The number of benzene rings is 1. The minimum Gasteiger partial charge on any atom is -0.383 e. The molecule has 0 bridgehead atoms. The van der Waals surface area contributed by atoms with E-state index in [1.165, 1.54) is 11.4 Å². The molecule has 0 saturated carbocycles. The predicted octanol–water partition coefficient (Wildman–Crippen LogP) is 0.735. The van der Waals surface area contributed by atoms with E-state index in [1.807, 2.05) is 30.5 Å². The van der Waals surface area contributed by atoms with Crippen LogP contribution in [0.1, 0.15) is 5.56 Å². The number of rotatable bonds is 9. The third kappa shape index (κ3) is 5.05. The SMILES string of the molecule is COCCN(CCNC(=O)Cc1c[nH]c2ccccc12)S(C)(=O)=O. The average Bonchev–Trinajstić information content (AvgIpc) is 2.92. The summed E-state index contributed by atoms with van der Waals surface area (Å²) in [5.41, 5.74) is 1.91. The molecule has 1 aromatic heterocycles. The number of hydrogen-bond donors (Lipinski definition) is 2. The van der Waals surface area contributed by atoms with Gasteiger partial charge in [0.15, 0.2) is 0 Å². The van der Waals surface area contributed by atoms with Crippen molar-refractivity contribution in [2.24, 2.45) is 0 Å². The summed E-state index contributed by atoms with van der Waals surface area (Å²) >= 11 is 0. The Kier molecular flexibility index (Phi) is 6.36.